The number of hydrogen-bond acceptors (Lipinski definition) is 8. The summed E-state index contributed by atoms with van der Waals surface area (Å²) in [5.74, 6) is 1.25. The van der Waals surface area contributed by atoms with E-state index in [-0.39, 0.29) is 18.7 Å². The van der Waals surface area contributed by atoms with E-state index in [4.69, 9.17) is 9.47 Å². The van der Waals surface area contributed by atoms with Gasteiger partial charge in [-0.2, -0.15) is 5.26 Å². The Kier molecular flexibility index (Phi) is 7.07. The molecular formula is C25H26N6O5. The first-order valence-corrected chi connectivity index (χ1v) is 11.1. The largest absolute Gasteiger partial charge is 0.497 e. The van der Waals surface area contributed by atoms with Gasteiger partial charge in [-0.05, 0) is 42.0 Å². The minimum Gasteiger partial charge on any atom is -0.497 e. The summed E-state index contributed by atoms with van der Waals surface area (Å²) in [6.07, 6.45) is 0.492. The Labute approximate surface area is 206 Å². The van der Waals surface area contributed by atoms with Crippen molar-refractivity contribution < 1.29 is 14.6 Å². The third-order valence-corrected chi connectivity index (χ3v) is 5.80. The zero-order chi connectivity index (χ0) is 25.8. The fourth-order valence-electron chi connectivity index (χ4n) is 3.85. The van der Waals surface area contributed by atoms with Crippen LogP contribution in [-0.4, -0.2) is 43.6 Å². The van der Waals surface area contributed by atoms with Crippen LogP contribution in [-0.2, 0) is 20.6 Å². The number of ether oxygens (including phenoxy) is 2. The topological polar surface area (TPSA) is 136 Å². The Morgan fingerprint density at radius 1 is 1.06 bits per heavy atom. The van der Waals surface area contributed by atoms with Gasteiger partial charge in [0.2, 0.25) is 0 Å². The molecule has 0 radical (unpaired) electrons. The molecule has 4 aromatic rings. The van der Waals surface area contributed by atoms with Crippen LogP contribution in [0.15, 0.2) is 64.4 Å². The molecular weight excluding hydrogens is 464 g/mol. The number of aromatic nitrogens is 4. The van der Waals surface area contributed by atoms with Gasteiger partial charge in [0.25, 0.3) is 5.56 Å². The number of aliphatic hydroxyl groups is 1. The minimum atomic E-state index is -0.926. The standard InChI is InChI=1S/C25H26N6O5/c1-29-23-22(24(33)30(2)25(29)34)27-15-31(23)13-18(32)14-36-20-8-4-16(5-9-20)21(12-26)28-17-6-10-19(35-3)11-7-17/h4-11,15,18,21,28,32H,13-14H2,1-3H3. The Balaban J connectivity index is 1.38. The van der Waals surface area contributed by atoms with Gasteiger partial charge in [0.1, 0.15) is 35.9 Å². The van der Waals surface area contributed by atoms with Crippen LogP contribution in [0.3, 0.4) is 0 Å². The third-order valence-electron chi connectivity index (χ3n) is 5.80. The predicted octanol–water partition coefficient (Wildman–Crippen LogP) is 1.56. The molecule has 0 aliphatic carbocycles. The third kappa shape index (κ3) is 4.94. The number of hydrogen-bond donors (Lipinski definition) is 2. The molecule has 0 spiro atoms. The second-order valence-electron chi connectivity index (χ2n) is 8.24. The molecule has 0 fully saturated rings. The molecule has 2 atom stereocenters. The molecule has 0 saturated carbocycles. The number of nitrogens with one attached hydrogen (secondary N) is 1. The highest BCUT2D eigenvalue weighted by atomic mass is 16.5. The maximum absolute atomic E-state index is 12.3. The average molecular weight is 491 g/mol. The molecule has 11 heteroatoms. The lowest BCUT2D eigenvalue weighted by Crippen LogP contribution is -2.37. The van der Waals surface area contributed by atoms with E-state index in [1.165, 1.54) is 17.9 Å². The van der Waals surface area contributed by atoms with Crippen molar-refractivity contribution in [2.75, 3.05) is 19.0 Å². The number of anilines is 1. The molecule has 186 valence electrons. The van der Waals surface area contributed by atoms with Gasteiger partial charge in [-0.3, -0.25) is 13.9 Å². The Morgan fingerprint density at radius 2 is 1.72 bits per heavy atom. The van der Waals surface area contributed by atoms with Crippen molar-refractivity contribution in [3.05, 3.63) is 81.3 Å². The van der Waals surface area contributed by atoms with E-state index in [0.29, 0.717) is 11.4 Å². The smallest absolute Gasteiger partial charge is 0.332 e. The van der Waals surface area contributed by atoms with E-state index < -0.39 is 23.4 Å². The van der Waals surface area contributed by atoms with E-state index in [2.05, 4.69) is 16.4 Å². The number of nitrogens with zero attached hydrogens (tertiary/aromatic N) is 5. The van der Waals surface area contributed by atoms with Crippen LogP contribution < -0.4 is 26.0 Å². The molecule has 36 heavy (non-hydrogen) atoms. The highest BCUT2D eigenvalue weighted by Gasteiger charge is 2.17. The summed E-state index contributed by atoms with van der Waals surface area (Å²) in [6.45, 7) is 0.0565. The first-order chi connectivity index (χ1) is 17.3. The predicted molar refractivity (Wildman–Crippen MR) is 133 cm³/mol. The maximum atomic E-state index is 12.3. The van der Waals surface area contributed by atoms with Crippen molar-refractivity contribution >= 4 is 16.9 Å². The van der Waals surface area contributed by atoms with E-state index in [1.54, 1.807) is 43.0 Å². The maximum Gasteiger partial charge on any atom is 0.332 e. The number of aryl methyl sites for hydroxylation is 1. The SMILES string of the molecule is COc1ccc(NC(C#N)c2ccc(OCC(O)Cn3cnc4c(=O)n(C)c(=O)n(C)c43)cc2)cc1. The Hall–Kier alpha value is -4.56. The zero-order valence-corrected chi connectivity index (χ0v) is 20.1. The summed E-state index contributed by atoms with van der Waals surface area (Å²) in [5.41, 5.74) is 1.06. The highest BCUT2D eigenvalue weighted by molar-refractivity contribution is 5.69. The van der Waals surface area contributed by atoms with Crippen molar-refractivity contribution in [1.29, 1.82) is 5.26 Å². The fourth-order valence-corrected chi connectivity index (χ4v) is 3.85. The molecule has 2 heterocycles. The summed E-state index contributed by atoms with van der Waals surface area (Å²) in [7, 11) is 4.53. The highest BCUT2D eigenvalue weighted by Crippen LogP contribution is 2.23. The summed E-state index contributed by atoms with van der Waals surface area (Å²) >= 11 is 0. The molecule has 0 aliphatic rings. The molecule has 0 saturated heterocycles. The number of rotatable bonds is 9. The number of imidazole rings is 1. The lowest BCUT2D eigenvalue weighted by molar-refractivity contribution is 0.0931. The van der Waals surface area contributed by atoms with Crippen LogP contribution >= 0.6 is 0 Å². The zero-order valence-electron chi connectivity index (χ0n) is 20.1. The molecule has 4 rings (SSSR count). The van der Waals surface area contributed by atoms with Crippen LogP contribution in [0, 0.1) is 11.3 Å². The van der Waals surface area contributed by atoms with Crippen LogP contribution in [0.25, 0.3) is 11.2 Å². The second-order valence-corrected chi connectivity index (χ2v) is 8.24. The summed E-state index contributed by atoms with van der Waals surface area (Å²) in [4.78, 5) is 28.6. The van der Waals surface area contributed by atoms with Gasteiger partial charge in [0, 0.05) is 19.8 Å². The van der Waals surface area contributed by atoms with Crippen molar-refractivity contribution in [2.24, 2.45) is 14.1 Å². The van der Waals surface area contributed by atoms with Gasteiger partial charge < -0.3 is 24.5 Å². The van der Waals surface area contributed by atoms with Gasteiger partial charge in [0.15, 0.2) is 5.52 Å². The number of methoxy groups -OCH3 is 1. The average Bonchev–Trinajstić information content (AvgIpc) is 3.32. The van der Waals surface area contributed by atoms with Gasteiger partial charge >= 0.3 is 5.69 Å². The van der Waals surface area contributed by atoms with Gasteiger partial charge in [-0.15, -0.1) is 0 Å². The minimum absolute atomic E-state index is 0.0242. The van der Waals surface area contributed by atoms with E-state index >= 15 is 0 Å². The van der Waals surface area contributed by atoms with Crippen molar-refractivity contribution in [3.63, 3.8) is 0 Å². The normalized spacial score (nSPS) is 12.6. The van der Waals surface area contributed by atoms with Crippen LogP contribution in [0.5, 0.6) is 11.5 Å². The molecule has 2 aromatic heterocycles. The van der Waals surface area contributed by atoms with Gasteiger partial charge in [-0.25, -0.2) is 9.78 Å². The van der Waals surface area contributed by atoms with Gasteiger partial charge in [0.05, 0.1) is 26.1 Å². The van der Waals surface area contributed by atoms with E-state index in [1.807, 2.05) is 24.3 Å². The molecule has 2 unspecified atom stereocenters. The van der Waals surface area contributed by atoms with Crippen LogP contribution in [0.2, 0.25) is 0 Å². The van der Waals surface area contributed by atoms with E-state index in [9.17, 15) is 20.0 Å². The summed E-state index contributed by atoms with van der Waals surface area (Å²) in [5, 5.41) is 23.3. The van der Waals surface area contributed by atoms with E-state index in [0.717, 1.165) is 21.6 Å². The van der Waals surface area contributed by atoms with Crippen molar-refractivity contribution in [1.82, 2.24) is 18.7 Å². The monoisotopic (exact) mass is 490 g/mol. The molecule has 0 bridgehead atoms. The first-order valence-electron chi connectivity index (χ1n) is 11.1. The second kappa shape index (κ2) is 10.4. The molecule has 2 aromatic carbocycles. The van der Waals surface area contributed by atoms with Gasteiger partial charge in [-0.1, -0.05) is 12.1 Å². The molecule has 2 N–H and O–H groups in total. The number of aliphatic hydroxyl groups excluding tert-OH is 1. The van der Waals surface area contributed by atoms with Crippen LogP contribution in [0.4, 0.5) is 5.69 Å². The molecule has 0 aliphatic heterocycles. The Bertz CT molecular complexity index is 1510. The van der Waals surface area contributed by atoms with Crippen LogP contribution in [0.1, 0.15) is 11.6 Å². The number of nitriles is 1. The quantitative estimate of drug-likeness (QED) is 0.361. The fraction of sp³-hybridized carbons (Fsp3) is 0.280. The van der Waals surface area contributed by atoms with Crippen molar-refractivity contribution in [2.45, 2.75) is 18.7 Å². The van der Waals surface area contributed by atoms with Crippen molar-refractivity contribution in [3.8, 4) is 17.6 Å². The number of benzene rings is 2. The summed E-state index contributed by atoms with van der Waals surface area (Å²) < 4.78 is 14.7. The Morgan fingerprint density at radius 3 is 2.36 bits per heavy atom. The molecule has 0 amide bonds. The molecule has 11 nitrogen and oxygen atoms in total. The lowest BCUT2D eigenvalue weighted by Gasteiger charge is -2.16. The number of fused-ring (bicyclic) bond motifs is 1. The first kappa shape index (κ1) is 24.6. The summed E-state index contributed by atoms with van der Waals surface area (Å²) in [6, 6.07) is 16.0. The lowest BCUT2D eigenvalue weighted by atomic mass is 10.1.